The van der Waals surface area contributed by atoms with E-state index in [2.05, 4.69) is 4.90 Å². The van der Waals surface area contributed by atoms with Crippen molar-refractivity contribution in [1.82, 2.24) is 4.90 Å². The van der Waals surface area contributed by atoms with Gasteiger partial charge in [0, 0.05) is 43.0 Å². The molecule has 3 aromatic carbocycles. The lowest BCUT2D eigenvalue weighted by molar-refractivity contribution is 0.0762. The lowest BCUT2D eigenvalue weighted by Gasteiger charge is -2.24. The Hall–Kier alpha value is -3.67. The molecule has 1 saturated heterocycles. The van der Waals surface area contributed by atoms with Crippen LogP contribution >= 0.6 is 0 Å². The number of ketones is 1. The van der Waals surface area contributed by atoms with Gasteiger partial charge >= 0.3 is 0 Å². The minimum Gasteiger partial charge on any atom is -0.497 e. The molecule has 0 atom stereocenters. The normalized spacial score (nSPS) is 14.1. The summed E-state index contributed by atoms with van der Waals surface area (Å²) >= 11 is 0. The molecule has 0 unspecified atom stereocenters. The largest absolute Gasteiger partial charge is 0.497 e. The number of methoxy groups -OCH3 is 1. The molecule has 1 amide bonds. The van der Waals surface area contributed by atoms with E-state index in [-0.39, 0.29) is 11.7 Å². The number of carbonyl (C=O) groups excluding carboxylic acids is 2. The summed E-state index contributed by atoms with van der Waals surface area (Å²) in [5.41, 5.74) is 2.15. The third kappa shape index (κ3) is 4.64. The van der Waals surface area contributed by atoms with Crippen LogP contribution in [0, 0.1) is 5.82 Å². The number of hydrogen-bond acceptors (Lipinski definition) is 4. The van der Waals surface area contributed by atoms with Crippen LogP contribution in [0.3, 0.4) is 0 Å². The van der Waals surface area contributed by atoms with Crippen molar-refractivity contribution in [2.45, 2.75) is 6.42 Å². The van der Waals surface area contributed by atoms with Crippen LogP contribution in [0.25, 0.3) is 0 Å². The van der Waals surface area contributed by atoms with Crippen LogP contribution in [0.15, 0.2) is 72.8 Å². The fourth-order valence-corrected chi connectivity index (χ4v) is 3.97. The fraction of sp³-hybridized carbons (Fsp3) is 0.231. The van der Waals surface area contributed by atoms with E-state index in [1.54, 1.807) is 36.3 Å². The number of halogens is 1. The Labute approximate surface area is 187 Å². The van der Waals surface area contributed by atoms with Gasteiger partial charge in [-0.1, -0.05) is 18.2 Å². The Morgan fingerprint density at radius 3 is 2.19 bits per heavy atom. The van der Waals surface area contributed by atoms with Crippen LogP contribution in [0.5, 0.6) is 5.75 Å². The van der Waals surface area contributed by atoms with Crippen molar-refractivity contribution in [3.05, 3.63) is 95.3 Å². The Balaban J connectivity index is 1.51. The Morgan fingerprint density at radius 1 is 0.812 bits per heavy atom. The van der Waals surface area contributed by atoms with Crippen molar-refractivity contribution >= 4 is 17.4 Å². The first-order valence-electron chi connectivity index (χ1n) is 10.6. The second-order valence-electron chi connectivity index (χ2n) is 7.71. The molecule has 32 heavy (non-hydrogen) atoms. The van der Waals surface area contributed by atoms with Crippen molar-refractivity contribution in [1.29, 1.82) is 0 Å². The molecule has 0 radical (unpaired) electrons. The number of nitrogens with zero attached hydrogens (tertiary/aromatic N) is 2. The van der Waals surface area contributed by atoms with E-state index in [0.717, 1.165) is 24.4 Å². The summed E-state index contributed by atoms with van der Waals surface area (Å²) in [6.45, 7) is 2.72. The van der Waals surface area contributed by atoms with E-state index in [4.69, 9.17) is 4.74 Å². The molecule has 164 valence electrons. The molecule has 4 rings (SSSR count). The maximum Gasteiger partial charge on any atom is 0.254 e. The monoisotopic (exact) mass is 432 g/mol. The van der Waals surface area contributed by atoms with E-state index < -0.39 is 5.82 Å². The lowest BCUT2D eigenvalue weighted by atomic mass is 9.97. The minimum absolute atomic E-state index is 0.160. The van der Waals surface area contributed by atoms with Gasteiger partial charge < -0.3 is 14.5 Å². The SMILES string of the molecule is COc1ccc(N2CCCN(C(=O)c3ccccc3C(=O)c3ccc(F)cc3)CC2)cc1. The molecule has 1 fully saturated rings. The number of benzene rings is 3. The van der Waals surface area contributed by atoms with Gasteiger partial charge in [-0.25, -0.2) is 4.39 Å². The van der Waals surface area contributed by atoms with Gasteiger partial charge in [0.05, 0.1) is 12.7 Å². The number of rotatable bonds is 5. The third-order valence-corrected chi connectivity index (χ3v) is 5.73. The van der Waals surface area contributed by atoms with Gasteiger partial charge in [0.1, 0.15) is 11.6 Å². The summed E-state index contributed by atoms with van der Waals surface area (Å²) in [6, 6.07) is 20.1. The summed E-state index contributed by atoms with van der Waals surface area (Å²) in [6.07, 6.45) is 0.825. The molecular formula is C26H25FN2O3. The molecule has 0 bridgehead atoms. The van der Waals surface area contributed by atoms with E-state index >= 15 is 0 Å². The summed E-state index contributed by atoms with van der Waals surface area (Å²) in [7, 11) is 1.64. The van der Waals surface area contributed by atoms with Crippen molar-refractivity contribution in [2.75, 3.05) is 38.2 Å². The number of ether oxygens (including phenoxy) is 1. The maximum atomic E-state index is 13.4. The topological polar surface area (TPSA) is 49.9 Å². The van der Waals surface area contributed by atoms with Crippen LogP contribution < -0.4 is 9.64 Å². The summed E-state index contributed by atoms with van der Waals surface area (Å²) in [4.78, 5) is 30.4. The van der Waals surface area contributed by atoms with Gasteiger partial charge in [-0.05, 0) is 61.0 Å². The molecule has 0 aromatic heterocycles. The zero-order chi connectivity index (χ0) is 22.5. The molecule has 1 heterocycles. The van der Waals surface area contributed by atoms with Gasteiger partial charge in [0.2, 0.25) is 0 Å². The van der Waals surface area contributed by atoms with E-state index in [1.807, 2.05) is 24.3 Å². The quantitative estimate of drug-likeness (QED) is 0.560. The van der Waals surface area contributed by atoms with Crippen molar-refractivity contribution in [3.8, 4) is 5.75 Å². The highest BCUT2D eigenvalue weighted by molar-refractivity contribution is 6.15. The molecule has 6 heteroatoms. The maximum absolute atomic E-state index is 13.4. The number of anilines is 1. The molecule has 0 spiro atoms. The van der Waals surface area contributed by atoms with E-state index in [9.17, 15) is 14.0 Å². The smallest absolute Gasteiger partial charge is 0.254 e. The zero-order valence-electron chi connectivity index (χ0n) is 18.0. The van der Waals surface area contributed by atoms with Crippen LogP contribution in [-0.4, -0.2) is 49.9 Å². The standard InChI is InChI=1S/C26H25FN2O3/c1-32-22-13-11-21(12-14-22)28-15-4-16-29(18-17-28)26(31)24-6-3-2-5-23(24)25(30)19-7-9-20(27)10-8-19/h2-3,5-14H,4,15-18H2,1H3. The van der Waals surface area contributed by atoms with Crippen molar-refractivity contribution in [3.63, 3.8) is 0 Å². The first kappa shape index (κ1) is 21.6. The van der Waals surface area contributed by atoms with Crippen LogP contribution in [-0.2, 0) is 0 Å². The average Bonchev–Trinajstić information content (AvgIpc) is 3.10. The molecular weight excluding hydrogens is 407 g/mol. The Morgan fingerprint density at radius 2 is 1.50 bits per heavy atom. The fourth-order valence-electron chi connectivity index (χ4n) is 3.97. The van der Waals surface area contributed by atoms with Crippen LogP contribution in [0.1, 0.15) is 32.7 Å². The van der Waals surface area contributed by atoms with E-state index in [0.29, 0.717) is 36.3 Å². The number of amides is 1. The molecule has 0 aliphatic carbocycles. The average molecular weight is 432 g/mol. The van der Waals surface area contributed by atoms with E-state index in [1.165, 1.54) is 24.3 Å². The zero-order valence-corrected chi connectivity index (χ0v) is 18.0. The van der Waals surface area contributed by atoms with Gasteiger partial charge in [-0.3, -0.25) is 9.59 Å². The minimum atomic E-state index is -0.406. The number of carbonyl (C=O) groups is 2. The first-order chi connectivity index (χ1) is 15.6. The summed E-state index contributed by atoms with van der Waals surface area (Å²) < 4.78 is 18.5. The lowest BCUT2D eigenvalue weighted by Crippen LogP contribution is -2.36. The highest BCUT2D eigenvalue weighted by atomic mass is 19.1. The van der Waals surface area contributed by atoms with Crippen LogP contribution in [0.4, 0.5) is 10.1 Å². The predicted octanol–water partition coefficient (Wildman–Crippen LogP) is 4.42. The molecule has 0 saturated carbocycles. The number of hydrogen-bond donors (Lipinski definition) is 0. The van der Waals surface area contributed by atoms with Crippen molar-refractivity contribution in [2.24, 2.45) is 0 Å². The second-order valence-corrected chi connectivity index (χ2v) is 7.71. The third-order valence-electron chi connectivity index (χ3n) is 5.73. The van der Waals surface area contributed by atoms with Crippen molar-refractivity contribution < 1.29 is 18.7 Å². The molecule has 3 aromatic rings. The summed E-state index contributed by atoms with van der Waals surface area (Å²) in [5, 5.41) is 0. The molecule has 1 aliphatic rings. The highest BCUT2D eigenvalue weighted by Crippen LogP contribution is 2.22. The Kier molecular flexibility index (Phi) is 6.50. The summed E-state index contributed by atoms with van der Waals surface area (Å²) in [5.74, 6) is -0.0454. The van der Waals surface area contributed by atoms with Gasteiger partial charge in [0.25, 0.3) is 5.91 Å². The molecule has 1 aliphatic heterocycles. The molecule has 5 nitrogen and oxygen atoms in total. The van der Waals surface area contributed by atoms with Crippen LogP contribution in [0.2, 0.25) is 0 Å². The van der Waals surface area contributed by atoms with Gasteiger partial charge in [0.15, 0.2) is 5.78 Å². The van der Waals surface area contributed by atoms with Gasteiger partial charge in [-0.2, -0.15) is 0 Å². The Bertz CT molecular complexity index is 1100. The van der Waals surface area contributed by atoms with Gasteiger partial charge in [-0.15, -0.1) is 0 Å². The first-order valence-corrected chi connectivity index (χ1v) is 10.6. The second kappa shape index (κ2) is 9.64. The molecule has 0 N–H and O–H groups in total. The highest BCUT2D eigenvalue weighted by Gasteiger charge is 2.24. The predicted molar refractivity (Wildman–Crippen MR) is 122 cm³/mol.